The molecule has 0 bridgehead atoms. The third-order valence-corrected chi connectivity index (χ3v) is 13.4. The number of aryl methyl sites for hydroxylation is 1. The van der Waals surface area contributed by atoms with E-state index < -0.39 is 39.9 Å². The van der Waals surface area contributed by atoms with E-state index in [1.165, 1.54) is 41.7 Å². The van der Waals surface area contributed by atoms with Crippen LogP contribution in [0.1, 0.15) is 99.6 Å². The molecule has 2 aliphatic rings. The highest BCUT2D eigenvalue weighted by atomic mass is 32.1. The standard InChI is InChI=1S/C47H47F3N4O2S2/c1-6-8-10-15-23-45(24-16-11-9-7-2)39-27-41(36-21-19-34(54(4)5)25-31(36)3)58-43(39)44-40(55-45)26-35(57-44)20-22-38-37(30-53)42(32(28-51)29-52)56-46(38,47(48,49)50)33-17-13-12-14-18-33/h12-14,17-22,25-27H,6-11,15-16,23-24H2,1-5H3/b22-20+. The minimum absolute atomic E-state index is 0.283. The van der Waals surface area contributed by atoms with Crippen molar-refractivity contribution < 1.29 is 22.6 Å². The molecule has 300 valence electrons. The van der Waals surface area contributed by atoms with Crippen LogP contribution >= 0.6 is 22.7 Å². The first-order valence-corrected chi connectivity index (χ1v) is 21.5. The molecular weight excluding hydrogens is 774 g/mol. The van der Waals surface area contributed by atoms with Crippen LogP contribution in [0.15, 0.2) is 89.2 Å². The second-order valence-corrected chi connectivity index (χ2v) is 17.3. The molecule has 0 fully saturated rings. The van der Waals surface area contributed by atoms with Gasteiger partial charge < -0.3 is 14.4 Å². The van der Waals surface area contributed by atoms with Gasteiger partial charge in [-0.05, 0) is 74.1 Å². The topological polar surface area (TPSA) is 93.1 Å². The predicted octanol–water partition coefficient (Wildman–Crippen LogP) is 13.7. The molecule has 0 spiro atoms. The summed E-state index contributed by atoms with van der Waals surface area (Å²) in [6.07, 6.45) is 8.10. The lowest BCUT2D eigenvalue weighted by Crippen LogP contribution is -2.43. The third-order valence-electron chi connectivity index (χ3n) is 11.0. The fourth-order valence-corrected chi connectivity index (χ4v) is 10.5. The van der Waals surface area contributed by atoms with E-state index in [4.69, 9.17) is 9.47 Å². The highest BCUT2D eigenvalue weighted by Crippen LogP contribution is 2.59. The zero-order chi connectivity index (χ0) is 41.7. The lowest BCUT2D eigenvalue weighted by atomic mass is 9.81. The molecule has 1 unspecified atom stereocenters. The Labute approximate surface area is 347 Å². The number of ether oxygens (including phenoxy) is 2. The fourth-order valence-electron chi connectivity index (χ4n) is 7.98. The van der Waals surface area contributed by atoms with Crippen molar-refractivity contribution in [1.29, 1.82) is 15.8 Å². The van der Waals surface area contributed by atoms with Crippen LogP contribution in [0.2, 0.25) is 0 Å². The molecule has 4 aromatic rings. The number of benzene rings is 2. The van der Waals surface area contributed by atoms with E-state index in [0.29, 0.717) is 10.6 Å². The molecule has 6 rings (SSSR count). The number of thiophene rings is 2. The first kappa shape index (κ1) is 42.3. The first-order chi connectivity index (χ1) is 27.9. The fraction of sp³-hybridized carbons (Fsp3) is 0.383. The predicted molar refractivity (Wildman–Crippen MR) is 227 cm³/mol. The largest absolute Gasteiger partial charge is 0.481 e. The lowest BCUT2D eigenvalue weighted by Gasteiger charge is -2.38. The number of nitriles is 3. The summed E-state index contributed by atoms with van der Waals surface area (Å²) in [5, 5.41) is 29.7. The minimum atomic E-state index is -5.08. The van der Waals surface area contributed by atoms with E-state index in [-0.39, 0.29) is 5.56 Å². The molecule has 1 atom stereocenters. The van der Waals surface area contributed by atoms with Crippen LogP contribution in [0.3, 0.4) is 0 Å². The third kappa shape index (κ3) is 7.93. The maximum Gasteiger partial charge on any atom is 0.437 e. The Morgan fingerprint density at radius 1 is 0.810 bits per heavy atom. The molecule has 0 N–H and O–H groups in total. The number of fused-ring (bicyclic) bond motifs is 3. The molecule has 2 aliphatic heterocycles. The number of anilines is 1. The second-order valence-electron chi connectivity index (χ2n) is 15.1. The molecule has 4 heterocycles. The summed E-state index contributed by atoms with van der Waals surface area (Å²) in [4.78, 5) is 5.86. The Balaban J connectivity index is 1.52. The molecule has 6 nitrogen and oxygen atoms in total. The lowest BCUT2D eigenvalue weighted by molar-refractivity contribution is -0.249. The smallest absolute Gasteiger partial charge is 0.437 e. The van der Waals surface area contributed by atoms with Crippen LogP contribution in [0.25, 0.3) is 26.3 Å². The van der Waals surface area contributed by atoms with E-state index in [0.717, 1.165) is 101 Å². The zero-order valence-electron chi connectivity index (χ0n) is 33.6. The molecule has 0 radical (unpaired) electrons. The highest BCUT2D eigenvalue weighted by molar-refractivity contribution is 7.24. The van der Waals surface area contributed by atoms with Gasteiger partial charge in [0.25, 0.3) is 5.60 Å². The van der Waals surface area contributed by atoms with E-state index in [9.17, 15) is 15.8 Å². The number of halogens is 3. The Bertz CT molecular complexity index is 2340. The molecule has 0 saturated heterocycles. The number of alkyl halides is 3. The number of rotatable bonds is 15. The van der Waals surface area contributed by atoms with E-state index in [1.54, 1.807) is 35.6 Å². The van der Waals surface area contributed by atoms with Gasteiger partial charge in [-0.2, -0.15) is 29.0 Å². The minimum Gasteiger partial charge on any atom is -0.481 e. The molecule has 0 aliphatic carbocycles. The van der Waals surface area contributed by atoms with E-state index >= 15 is 13.2 Å². The van der Waals surface area contributed by atoms with Crippen molar-refractivity contribution in [1.82, 2.24) is 0 Å². The van der Waals surface area contributed by atoms with Gasteiger partial charge in [0.1, 0.15) is 35.1 Å². The van der Waals surface area contributed by atoms with Crippen LogP contribution < -0.4 is 9.64 Å². The quantitative estimate of drug-likeness (QED) is 0.0876. The Morgan fingerprint density at radius 2 is 1.48 bits per heavy atom. The molecule has 58 heavy (non-hydrogen) atoms. The Hall–Kier alpha value is -5.28. The van der Waals surface area contributed by atoms with Crippen molar-refractivity contribution in [2.24, 2.45) is 0 Å². The van der Waals surface area contributed by atoms with Gasteiger partial charge in [0, 0.05) is 46.2 Å². The van der Waals surface area contributed by atoms with Gasteiger partial charge in [-0.1, -0.05) is 94.8 Å². The molecule has 2 aromatic carbocycles. The number of hydrogen-bond donors (Lipinski definition) is 0. The monoisotopic (exact) mass is 820 g/mol. The summed E-state index contributed by atoms with van der Waals surface area (Å²) in [6.45, 7) is 6.53. The van der Waals surface area contributed by atoms with Crippen molar-refractivity contribution in [3.8, 4) is 44.2 Å². The van der Waals surface area contributed by atoms with Gasteiger partial charge in [0.05, 0.1) is 9.75 Å². The maximum absolute atomic E-state index is 15.5. The van der Waals surface area contributed by atoms with Crippen LogP contribution in [0.5, 0.6) is 5.75 Å². The summed E-state index contributed by atoms with van der Waals surface area (Å²) in [6, 6.07) is 22.7. The maximum atomic E-state index is 15.5. The summed E-state index contributed by atoms with van der Waals surface area (Å²) in [5.41, 5.74) is -1.15. The number of allylic oxidation sites excluding steroid dienone is 2. The van der Waals surface area contributed by atoms with Crippen LogP contribution in [0.4, 0.5) is 18.9 Å². The van der Waals surface area contributed by atoms with Crippen LogP contribution in [-0.4, -0.2) is 20.3 Å². The van der Waals surface area contributed by atoms with Crippen molar-refractivity contribution in [2.45, 2.75) is 102 Å². The van der Waals surface area contributed by atoms with Crippen molar-refractivity contribution in [3.63, 3.8) is 0 Å². The normalized spacial score (nSPS) is 16.9. The summed E-state index contributed by atoms with van der Waals surface area (Å²) < 4.78 is 59.3. The average Bonchev–Trinajstić information content (AvgIpc) is 3.92. The molecule has 11 heteroatoms. The zero-order valence-corrected chi connectivity index (χ0v) is 35.2. The van der Waals surface area contributed by atoms with Crippen molar-refractivity contribution in [2.75, 3.05) is 19.0 Å². The SMILES string of the molecule is CCCCCCC1(CCCCCC)Oc2cc(/C=C/C3=C(C#N)C(=C(C#N)C#N)OC3(c3ccccc3)C(F)(F)F)sc2-c2sc(-c3ccc(N(C)C)cc3C)cc21. The Morgan fingerprint density at radius 3 is 2.05 bits per heavy atom. The second kappa shape index (κ2) is 17.7. The van der Waals surface area contributed by atoms with Crippen LogP contribution in [0, 0.1) is 40.9 Å². The van der Waals surface area contributed by atoms with E-state index in [2.05, 4.69) is 49.9 Å². The summed E-state index contributed by atoms with van der Waals surface area (Å²) in [7, 11) is 4.05. The number of hydrogen-bond acceptors (Lipinski definition) is 8. The Kier molecular flexibility index (Phi) is 12.9. The van der Waals surface area contributed by atoms with Crippen LogP contribution in [-0.2, 0) is 15.9 Å². The van der Waals surface area contributed by atoms with E-state index in [1.807, 2.05) is 26.2 Å². The highest BCUT2D eigenvalue weighted by Gasteiger charge is 2.65. The van der Waals surface area contributed by atoms with Gasteiger partial charge in [-0.15, -0.1) is 22.7 Å². The molecule has 0 amide bonds. The van der Waals surface area contributed by atoms with Gasteiger partial charge in [-0.25, -0.2) is 0 Å². The van der Waals surface area contributed by atoms with Crippen molar-refractivity contribution >= 4 is 34.4 Å². The van der Waals surface area contributed by atoms with Gasteiger partial charge in [0.2, 0.25) is 0 Å². The van der Waals surface area contributed by atoms with Crippen molar-refractivity contribution in [3.05, 3.63) is 111 Å². The molecule has 2 aromatic heterocycles. The first-order valence-electron chi connectivity index (χ1n) is 19.8. The average molecular weight is 821 g/mol. The van der Waals surface area contributed by atoms with Gasteiger partial charge in [-0.3, -0.25) is 0 Å². The number of unbranched alkanes of at least 4 members (excludes halogenated alkanes) is 6. The summed E-state index contributed by atoms with van der Waals surface area (Å²) in [5.74, 6) is -0.00178. The van der Waals surface area contributed by atoms with Gasteiger partial charge in [0.15, 0.2) is 11.3 Å². The molecule has 0 saturated carbocycles. The summed E-state index contributed by atoms with van der Waals surface area (Å²) >= 11 is 3.14. The van der Waals surface area contributed by atoms with Gasteiger partial charge >= 0.3 is 6.18 Å². The number of nitrogens with zero attached hydrogens (tertiary/aromatic N) is 4. The molecular formula is C47H47F3N4O2S2.